The van der Waals surface area contributed by atoms with Crippen LogP contribution in [0.1, 0.15) is 111 Å². The van der Waals surface area contributed by atoms with Crippen LogP contribution in [0, 0.1) is 0 Å². The largest absolute Gasteiger partial charge is 0.269 e. The minimum Gasteiger partial charge on any atom is -0.269 e. The van der Waals surface area contributed by atoms with Crippen molar-refractivity contribution in [1.29, 1.82) is 0 Å². The monoisotopic (exact) mass is 869 g/mol. The normalized spacial score (nSPS) is 25.6. The predicted molar refractivity (Wildman–Crippen MR) is 267 cm³/mol. The minimum atomic E-state index is -0.558. The lowest BCUT2D eigenvalue weighted by Crippen LogP contribution is -2.35. The third kappa shape index (κ3) is 9.12. The van der Waals surface area contributed by atoms with Gasteiger partial charge in [0, 0.05) is 69.2 Å². The molecule has 0 bridgehead atoms. The Morgan fingerprint density at radius 1 is 0.525 bits per heavy atom. The van der Waals surface area contributed by atoms with Gasteiger partial charge in [0.25, 0.3) is 0 Å². The summed E-state index contributed by atoms with van der Waals surface area (Å²) in [5, 5.41) is 13.3. The molecule has 0 saturated carbocycles. The van der Waals surface area contributed by atoms with Crippen molar-refractivity contribution in [3.8, 4) is 0 Å². The van der Waals surface area contributed by atoms with Gasteiger partial charge in [0.1, 0.15) is 0 Å². The van der Waals surface area contributed by atoms with Crippen molar-refractivity contribution in [2.45, 2.75) is 114 Å². The summed E-state index contributed by atoms with van der Waals surface area (Å²) in [6, 6.07) is 52.2. The molecule has 3 heterocycles. The van der Waals surface area contributed by atoms with E-state index in [0.29, 0.717) is 34.4 Å². The van der Waals surface area contributed by atoms with Crippen molar-refractivity contribution in [2.75, 3.05) is 34.7 Å². The first-order valence-corrected chi connectivity index (χ1v) is 27.4. The summed E-state index contributed by atoms with van der Waals surface area (Å²) < 4.78 is 3.02. The molecule has 3 saturated heterocycles. The predicted octanol–water partition coefficient (Wildman–Crippen LogP) is 12.5. The Morgan fingerprint density at radius 3 is 1.49 bits per heavy atom. The Kier molecular flexibility index (Phi) is 14.6. The fourth-order valence-corrected chi connectivity index (χ4v) is 21.3. The number of aryl methyl sites for hydroxylation is 2. The lowest BCUT2D eigenvalue weighted by Gasteiger charge is -2.43. The molecule has 0 spiro atoms. The molecule has 8 rings (SSSR count). The molecule has 1 unspecified atom stereocenters. The maximum Gasteiger partial charge on any atom is 0.0637 e. The lowest BCUT2D eigenvalue weighted by atomic mass is 9.95. The second-order valence-electron chi connectivity index (χ2n) is 17.8. The highest BCUT2D eigenvalue weighted by Crippen LogP contribution is 2.74. The molecule has 5 nitrogen and oxygen atoms in total. The van der Waals surface area contributed by atoms with E-state index in [1.54, 1.807) is 10.6 Å². The van der Waals surface area contributed by atoms with E-state index in [4.69, 9.17) is 0 Å². The maximum absolute atomic E-state index is 3.02. The summed E-state index contributed by atoms with van der Waals surface area (Å²) in [6.45, 7) is 13.3. The van der Waals surface area contributed by atoms with Gasteiger partial charge >= 0.3 is 0 Å². The Bertz CT molecular complexity index is 2100. The molecule has 3 aliphatic heterocycles. The van der Waals surface area contributed by atoms with Crippen LogP contribution in [0.2, 0.25) is 0 Å². The first kappa shape index (κ1) is 44.8. The quantitative estimate of drug-likeness (QED) is 0.103. The van der Waals surface area contributed by atoms with Crippen molar-refractivity contribution in [1.82, 2.24) is 24.7 Å². The molecule has 0 aromatic heterocycles. The highest BCUT2D eigenvalue weighted by molar-refractivity contribution is 7.73. The molecule has 5 aromatic rings. The zero-order valence-electron chi connectivity index (χ0n) is 38.3. The molecular weight excluding hydrogens is 800 g/mol. The summed E-state index contributed by atoms with van der Waals surface area (Å²) in [6.07, 6.45) is 6.94. The fourth-order valence-electron chi connectivity index (χ4n) is 10.6. The van der Waals surface area contributed by atoms with Gasteiger partial charge in [-0.3, -0.25) is 4.67 Å². The van der Waals surface area contributed by atoms with Crippen LogP contribution in [0.5, 0.6) is 0 Å². The Balaban J connectivity index is 1.15. The summed E-state index contributed by atoms with van der Waals surface area (Å²) in [5.41, 5.74) is 9.87. The standard InChI is InChI=1S/C53H70N5P3/c1-10-11-36-58(61-49(45-23-15-12-16-24-45)34-35-50(61)46-25-17-13-18-26-46)53(47-27-19-14-20-28-47)48-29-21-22-43(37-48)30-31-44-32-33-51(59-39(2)54(6)55(7)40(59)3)52(38-44)60-41(4)56(8)57(9)42(60)5/h12-29,32-33,37-42,49-50,53H,10-11,30-31,34-36H2,1-9H3/t39-,40-,41-,42-,49-,50-,53?/m0/s1. The van der Waals surface area contributed by atoms with Crippen LogP contribution in [0.3, 0.4) is 0 Å². The first-order chi connectivity index (χ1) is 29.6. The van der Waals surface area contributed by atoms with Gasteiger partial charge in [-0.05, 0) is 128 Å². The second kappa shape index (κ2) is 19.9. The van der Waals surface area contributed by atoms with Gasteiger partial charge in [-0.2, -0.15) is 0 Å². The van der Waals surface area contributed by atoms with Crippen molar-refractivity contribution in [2.24, 2.45) is 0 Å². The van der Waals surface area contributed by atoms with E-state index in [1.807, 2.05) is 0 Å². The Hall–Kier alpha value is -2.81. The minimum absolute atomic E-state index is 0.191. The summed E-state index contributed by atoms with van der Waals surface area (Å²) in [7, 11) is 7.82. The number of nitrogens with zero attached hydrogens (tertiary/aromatic N) is 5. The van der Waals surface area contributed by atoms with Gasteiger partial charge in [-0.1, -0.05) is 147 Å². The van der Waals surface area contributed by atoms with Crippen molar-refractivity contribution >= 4 is 34.5 Å². The van der Waals surface area contributed by atoms with Crippen LogP contribution in [0.25, 0.3) is 0 Å². The van der Waals surface area contributed by atoms with E-state index in [9.17, 15) is 0 Å². The van der Waals surface area contributed by atoms with Crippen molar-refractivity contribution < 1.29 is 0 Å². The zero-order valence-corrected chi connectivity index (χ0v) is 41.0. The summed E-state index contributed by atoms with van der Waals surface area (Å²) >= 11 is 0. The number of unbranched alkanes of at least 4 members (excludes halogenated alkanes) is 1. The molecule has 0 aliphatic carbocycles. The molecule has 61 heavy (non-hydrogen) atoms. The van der Waals surface area contributed by atoms with Crippen LogP contribution in [0.4, 0.5) is 0 Å². The number of hydrogen-bond acceptors (Lipinski definition) is 5. The molecule has 0 amide bonds. The topological polar surface area (TPSA) is 16.2 Å². The molecule has 7 atom stereocenters. The molecule has 3 fully saturated rings. The molecule has 0 radical (unpaired) electrons. The van der Waals surface area contributed by atoms with Crippen molar-refractivity contribution in [3.63, 3.8) is 0 Å². The highest BCUT2D eigenvalue weighted by Gasteiger charge is 2.46. The molecule has 8 heteroatoms. The van der Waals surface area contributed by atoms with Crippen LogP contribution in [-0.4, -0.2) is 82.6 Å². The van der Waals surface area contributed by atoms with E-state index in [-0.39, 0.29) is 14.0 Å². The van der Waals surface area contributed by atoms with Gasteiger partial charge in [-0.15, -0.1) is 0 Å². The average Bonchev–Trinajstić information content (AvgIpc) is 3.88. The van der Waals surface area contributed by atoms with Crippen LogP contribution < -0.4 is 10.6 Å². The van der Waals surface area contributed by atoms with E-state index < -0.39 is 16.0 Å². The molecular formula is C53H70N5P3. The first-order valence-electron chi connectivity index (χ1n) is 23.0. The van der Waals surface area contributed by atoms with Crippen molar-refractivity contribution in [3.05, 3.63) is 167 Å². The molecule has 322 valence electrons. The van der Waals surface area contributed by atoms with Crippen LogP contribution in [0.15, 0.2) is 133 Å². The smallest absolute Gasteiger partial charge is 0.0637 e. The fraction of sp³-hybridized carbons (Fsp3) is 0.434. The SMILES string of the molecule is CCCCN(C(c1ccccc1)c1cccc(CCc2ccc(P3[C@@H](C)N(C)N(C)[C@@H]3C)c(P3[C@@H](C)N(C)N(C)[C@@H]3C)c2)c1)P1[C@H](c2ccccc2)CC[C@H]1c1ccccc1. The highest BCUT2D eigenvalue weighted by atomic mass is 31.1. The van der Waals surface area contributed by atoms with Gasteiger partial charge in [-0.25, -0.2) is 20.0 Å². The number of hydrazine groups is 2. The van der Waals surface area contributed by atoms with Gasteiger partial charge in [0.05, 0.1) is 6.04 Å². The third-order valence-electron chi connectivity index (χ3n) is 14.5. The van der Waals surface area contributed by atoms with E-state index in [2.05, 4.69) is 221 Å². The van der Waals surface area contributed by atoms with Crippen LogP contribution >= 0.6 is 23.9 Å². The van der Waals surface area contributed by atoms with Crippen LogP contribution in [-0.2, 0) is 12.8 Å². The van der Waals surface area contributed by atoms with Gasteiger partial charge < -0.3 is 0 Å². The van der Waals surface area contributed by atoms with Gasteiger partial charge in [0.15, 0.2) is 0 Å². The number of rotatable bonds is 14. The van der Waals surface area contributed by atoms with E-state index in [0.717, 1.165) is 19.4 Å². The van der Waals surface area contributed by atoms with E-state index >= 15 is 0 Å². The summed E-state index contributed by atoms with van der Waals surface area (Å²) in [5.74, 6) is 2.06. The zero-order chi connectivity index (χ0) is 42.8. The molecule has 5 aromatic carbocycles. The van der Waals surface area contributed by atoms with E-state index in [1.165, 1.54) is 59.1 Å². The maximum atomic E-state index is 3.02. The number of benzene rings is 5. The average molecular weight is 870 g/mol. The Morgan fingerprint density at radius 2 is 0.984 bits per heavy atom. The number of hydrogen-bond donors (Lipinski definition) is 0. The molecule has 0 N–H and O–H groups in total. The third-order valence-corrected chi connectivity index (χ3v) is 24.5. The molecule has 3 aliphatic rings. The lowest BCUT2D eigenvalue weighted by molar-refractivity contribution is 0.0357. The summed E-state index contributed by atoms with van der Waals surface area (Å²) in [4.78, 5) is 0. The Labute approximate surface area is 372 Å². The second-order valence-corrected chi connectivity index (χ2v) is 25.9. The van der Waals surface area contributed by atoms with Gasteiger partial charge in [0.2, 0.25) is 0 Å².